The number of ether oxygens (including phenoxy) is 5. The van der Waals surface area contributed by atoms with Crippen molar-refractivity contribution in [3.05, 3.63) is 0 Å². The lowest BCUT2D eigenvalue weighted by Gasteiger charge is -2.26. The average Bonchev–Trinajstić information content (AvgIpc) is 4.05. The molecule has 8 atom stereocenters. The second kappa shape index (κ2) is 25.8. The standard InChI is InChI=1S/C44H78O7/c1-3-5-7-9-11-13-15-17-21-27-37-39(49-37)29-23-19-25-31-47-43(45)35-33-41-42(51-41)34-36(35)44(46)48-32-26-20-24-30-40-38(50-40)28-22-18-16-14-12-10-8-6-4-2/h35-42H,3-34H2,1-2H3. The second-order valence-electron chi connectivity index (χ2n) is 16.6. The molecule has 0 N–H and O–H groups in total. The van der Waals surface area contributed by atoms with E-state index >= 15 is 0 Å². The van der Waals surface area contributed by atoms with Crippen molar-refractivity contribution in [1.29, 1.82) is 0 Å². The molecule has 7 nitrogen and oxygen atoms in total. The maximum absolute atomic E-state index is 13.0. The number of fused-ring (bicyclic) bond motifs is 1. The number of unbranched alkanes of at least 4 members (excludes halogenated alkanes) is 20. The van der Waals surface area contributed by atoms with Gasteiger partial charge in [0, 0.05) is 0 Å². The van der Waals surface area contributed by atoms with E-state index in [0.29, 0.717) is 50.5 Å². The van der Waals surface area contributed by atoms with Gasteiger partial charge >= 0.3 is 11.9 Å². The van der Waals surface area contributed by atoms with Crippen molar-refractivity contribution in [3.63, 3.8) is 0 Å². The number of hydrogen-bond donors (Lipinski definition) is 0. The molecule has 3 aliphatic heterocycles. The molecule has 0 bridgehead atoms. The van der Waals surface area contributed by atoms with Crippen LogP contribution in [0.3, 0.4) is 0 Å². The van der Waals surface area contributed by atoms with Gasteiger partial charge in [-0.25, -0.2) is 0 Å². The highest BCUT2D eigenvalue weighted by atomic mass is 16.6. The second-order valence-corrected chi connectivity index (χ2v) is 16.6. The molecule has 0 spiro atoms. The Hall–Kier alpha value is -1.18. The van der Waals surface area contributed by atoms with Crippen LogP contribution in [-0.2, 0) is 33.3 Å². The van der Waals surface area contributed by atoms with Gasteiger partial charge in [-0.05, 0) is 64.2 Å². The highest BCUT2D eigenvalue weighted by Gasteiger charge is 2.53. The molecule has 51 heavy (non-hydrogen) atoms. The van der Waals surface area contributed by atoms with Crippen molar-refractivity contribution in [2.45, 2.75) is 243 Å². The fourth-order valence-corrected chi connectivity index (χ4v) is 8.44. The topological polar surface area (TPSA) is 90.2 Å². The normalized spacial score (nSPS) is 27.6. The monoisotopic (exact) mass is 719 g/mol. The van der Waals surface area contributed by atoms with Crippen molar-refractivity contribution < 1.29 is 33.3 Å². The highest BCUT2D eigenvalue weighted by molar-refractivity contribution is 5.82. The Morgan fingerprint density at radius 2 is 0.706 bits per heavy atom. The summed E-state index contributed by atoms with van der Waals surface area (Å²) >= 11 is 0. The summed E-state index contributed by atoms with van der Waals surface area (Å²) < 4.78 is 28.9. The van der Waals surface area contributed by atoms with Gasteiger partial charge in [0.2, 0.25) is 0 Å². The average molecular weight is 719 g/mol. The summed E-state index contributed by atoms with van der Waals surface area (Å²) in [4.78, 5) is 26.1. The van der Waals surface area contributed by atoms with Crippen molar-refractivity contribution >= 4 is 11.9 Å². The lowest BCUT2D eigenvalue weighted by molar-refractivity contribution is -0.162. The van der Waals surface area contributed by atoms with E-state index in [0.717, 1.165) is 51.4 Å². The zero-order valence-corrected chi connectivity index (χ0v) is 33.1. The third-order valence-electron chi connectivity index (χ3n) is 12.1. The van der Waals surface area contributed by atoms with Gasteiger partial charge in [0.15, 0.2) is 0 Å². The zero-order chi connectivity index (χ0) is 35.9. The summed E-state index contributed by atoms with van der Waals surface area (Å²) in [6.45, 7) is 5.39. The molecule has 0 radical (unpaired) electrons. The van der Waals surface area contributed by atoms with Crippen LogP contribution < -0.4 is 0 Å². The van der Waals surface area contributed by atoms with Gasteiger partial charge in [-0.2, -0.15) is 0 Å². The van der Waals surface area contributed by atoms with Gasteiger partial charge in [-0.15, -0.1) is 0 Å². The van der Waals surface area contributed by atoms with Gasteiger partial charge < -0.3 is 23.7 Å². The van der Waals surface area contributed by atoms with Gasteiger partial charge in [-0.1, -0.05) is 142 Å². The molecular formula is C44H78O7. The number of carbonyl (C=O) groups excluding carboxylic acids is 2. The quantitative estimate of drug-likeness (QED) is 0.0371. The van der Waals surface area contributed by atoms with E-state index in [-0.39, 0.29) is 24.1 Å². The smallest absolute Gasteiger partial charge is 0.309 e. The lowest BCUT2D eigenvalue weighted by atomic mass is 9.79. The molecule has 0 aromatic rings. The van der Waals surface area contributed by atoms with Crippen LogP contribution in [0, 0.1) is 11.8 Å². The summed E-state index contributed by atoms with van der Waals surface area (Å²) in [5.41, 5.74) is 0. The Labute approximate surface area is 312 Å². The number of epoxide rings is 3. The number of carbonyl (C=O) groups is 2. The van der Waals surface area contributed by atoms with E-state index in [1.807, 2.05) is 0 Å². The summed E-state index contributed by atoms with van der Waals surface area (Å²) in [6, 6.07) is 0. The maximum Gasteiger partial charge on any atom is 0.309 e. The van der Waals surface area contributed by atoms with Crippen LogP contribution in [0.25, 0.3) is 0 Å². The zero-order valence-electron chi connectivity index (χ0n) is 33.1. The summed E-state index contributed by atoms with van der Waals surface area (Å²) in [5.74, 6) is -1.40. The minimum atomic E-state index is -0.447. The summed E-state index contributed by atoms with van der Waals surface area (Å²) in [7, 11) is 0. The van der Waals surface area contributed by atoms with Crippen LogP contribution in [0.15, 0.2) is 0 Å². The first-order valence-corrected chi connectivity index (χ1v) is 22.4. The maximum atomic E-state index is 13.0. The van der Waals surface area contributed by atoms with Gasteiger partial charge in [-0.3, -0.25) is 9.59 Å². The van der Waals surface area contributed by atoms with Gasteiger partial charge in [0.25, 0.3) is 0 Å². The van der Waals surface area contributed by atoms with Crippen LogP contribution in [0.5, 0.6) is 0 Å². The first-order valence-electron chi connectivity index (χ1n) is 22.4. The van der Waals surface area contributed by atoms with E-state index in [2.05, 4.69) is 13.8 Å². The van der Waals surface area contributed by atoms with E-state index in [4.69, 9.17) is 23.7 Å². The molecule has 8 unspecified atom stereocenters. The Balaban J connectivity index is 0.937. The minimum Gasteiger partial charge on any atom is -0.465 e. The first kappa shape index (κ1) is 42.6. The first-order chi connectivity index (χ1) is 25.1. The predicted octanol–water partition coefficient (Wildman–Crippen LogP) is 11.4. The Kier molecular flexibility index (Phi) is 21.5. The molecule has 4 aliphatic rings. The third-order valence-corrected chi connectivity index (χ3v) is 12.1. The van der Waals surface area contributed by atoms with Gasteiger partial charge in [0.05, 0.1) is 61.7 Å². The van der Waals surface area contributed by atoms with Crippen molar-refractivity contribution in [2.24, 2.45) is 11.8 Å². The fourth-order valence-electron chi connectivity index (χ4n) is 8.44. The molecule has 3 saturated heterocycles. The largest absolute Gasteiger partial charge is 0.465 e. The van der Waals surface area contributed by atoms with Crippen LogP contribution in [-0.4, -0.2) is 61.8 Å². The third kappa shape index (κ3) is 18.1. The van der Waals surface area contributed by atoms with E-state index in [9.17, 15) is 9.59 Å². The molecule has 0 aromatic carbocycles. The van der Waals surface area contributed by atoms with Crippen LogP contribution in [0.4, 0.5) is 0 Å². The van der Waals surface area contributed by atoms with E-state index in [1.54, 1.807) is 0 Å². The van der Waals surface area contributed by atoms with Crippen molar-refractivity contribution in [2.75, 3.05) is 13.2 Å². The molecule has 1 saturated carbocycles. The van der Waals surface area contributed by atoms with Crippen LogP contribution >= 0.6 is 0 Å². The number of esters is 2. The molecule has 4 rings (SSSR count). The summed E-state index contributed by atoms with van der Waals surface area (Å²) in [5, 5.41) is 0. The molecule has 0 amide bonds. The number of rotatable bonds is 34. The van der Waals surface area contributed by atoms with Gasteiger partial charge in [0.1, 0.15) is 0 Å². The molecule has 7 heteroatoms. The van der Waals surface area contributed by atoms with E-state index < -0.39 is 11.8 Å². The Bertz CT molecular complexity index is 853. The predicted molar refractivity (Wildman–Crippen MR) is 205 cm³/mol. The summed E-state index contributed by atoms with van der Waals surface area (Å²) in [6.07, 6.45) is 38.5. The molecule has 1 aliphatic carbocycles. The van der Waals surface area contributed by atoms with Crippen LogP contribution in [0.1, 0.15) is 206 Å². The highest BCUT2D eigenvalue weighted by Crippen LogP contribution is 2.44. The molecule has 296 valence electrons. The van der Waals surface area contributed by atoms with Crippen LogP contribution in [0.2, 0.25) is 0 Å². The number of hydrogen-bond acceptors (Lipinski definition) is 7. The molecular weight excluding hydrogens is 640 g/mol. The molecule has 3 heterocycles. The Morgan fingerprint density at radius 1 is 0.412 bits per heavy atom. The lowest BCUT2D eigenvalue weighted by Crippen LogP contribution is -2.37. The Morgan fingerprint density at radius 3 is 1.04 bits per heavy atom. The van der Waals surface area contributed by atoms with Crippen molar-refractivity contribution in [3.8, 4) is 0 Å². The van der Waals surface area contributed by atoms with E-state index in [1.165, 1.54) is 128 Å². The minimum absolute atomic E-state index is 0.0995. The molecule has 4 fully saturated rings. The van der Waals surface area contributed by atoms with Crippen molar-refractivity contribution in [1.82, 2.24) is 0 Å². The fraction of sp³-hybridized carbons (Fsp3) is 0.955. The SMILES string of the molecule is CCCCCCCCCCCC1OC1CCCCCOC(=O)C1CC2OC2CC1C(=O)OCCCCCC1OC1CCCCCCCCCCC. The molecule has 0 aromatic heterocycles.